The van der Waals surface area contributed by atoms with E-state index in [1.54, 1.807) is 0 Å². The summed E-state index contributed by atoms with van der Waals surface area (Å²) in [7, 11) is 0. The predicted octanol–water partition coefficient (Wildman–Crippen LogP) is 5.06. The lowest BCUT2D eigenvalue weighted by Gasteiger charge is -2.18. The van der Waals surface area contributed by atoms with Crippen LogP contribution in [-0.2, 0) is 13.0 Å². The molecule has 3 rings (SSSR count). The second-order valence-electron chi connectivity index (χ2n) is 6.02. The van der Waals surface area contributed by atoms with E-state index < -0.39 is 0 Å². The van der Waals surface area contributed by atoms with Gasteiger partial charge in [0.15, 0.2) is 0 Å². The Morgan fingerprint density at radius 2 is 1.52 bits per heavy atom. The number of aryl methyl sites for hydroxylation is 2. The molecule has 2 heteroatoms. The molecule has 0 unspecified atom stereocenters. The van der Waals surface area contributed by atoms with E-state index in [9.17, 15) is 0 Å². The van der Waals surface area contributed by atoms with E-state index in [0.29, 0.717) is 5.92 Å². The van der Waals surface area contributed by atoms with Gasteiger partial charge in [0.1, 0.15) is 0 Å². The van der Waals surface area contributed by atoms with E-state index >= 15 is 0 Å². The third-order valence-electron chi connectivity index (χ3n) is 4.27. The lowest BCUT2D eigenvalue weighted by atomic mass is 9.88. The van der Waals surface area contributed by atoms with Gasteiger partial charge in [0, 0.05) is 18.7 Å². The molecule has 2 nitrogen and oxygen atoms in total. The largest absolute Gasteiger partial charge is 0.337 e. The van der Waals surface area contributed by atoms with Crippen molar-refractivity contribution in [1.82, 2.24) is 9.55 Å². The fraction of sp³-hybridized carbons (Fsp3) is 0.286. The molecule has 0 aliphatic heterocycles. The molecule has 0 bridgehead atoms. The van der Waals surface area contributed by atoms with Gasteiger partial charge in [-0.1, -0.05) is 74.0 Å². The molecule has 0 fully saturated rings. The van der Waals surface area contributed by atoms with Crippen molar-refractivity contribution in [3.63, 3.8) is 0 Å². The Labute approximate surface area is 138 Å². The molecule has 0 N–H and O–H groups in total. The van der Waals surface area contributed by atoms with Gasteiger partial charge in [0.05, 0.1) is 12.0 Å². The smallest absolute Gasteiger partial charge is 0.0949 e. The van der Waals surface area contributed by atoms with Gasteiger partial charge in [-0.05, 0) is 24.0 Å². The van der Waals surface area contributed by atoms with Crippen molar-refractivity contribution in [3.05, 3.63) is 90.0 Å². The zero-order valence-corrected chi connectivity index (χ0v) is 13.7. The SMILES string of the molecule is CCCc1cn(CCC(c2ccccc2)c2ccccc2)cn1. The van der Waals surface area contributed by atoms with E-state index in [2.05, 4.69) is 83.3 Å². The highest BCUT2D eigenvalue weighted by molar-refractivity contribution is 5.32. The van der Waals surface area contributed by atoms with Gasteiger partial charge in [-0.15, -0.1) is 0 Å². The van der Waals surface area contributed by atoms with Crippen LogP contribution in [0.3, 0.4) is 0 Å². The van der Waals surface area contributed by atoms with Crippen LogP contribution in [0.2, 0.25) is 0 Å². The Hall–Kier alpha value is -2.35. The van der Waals surface area contributed by atoms with Crippen LogP contribution in [0.1, 0.15) is 42.5 Å². The van der Waals surface area contributed by atoms with Gasteiger partial charge in [0.2, 0.25) is 0 Å². The number of nitrogens with zero attached hydrogens (tertiary/aromatic N) is 2. The minimum absolute atomic E-state index is 0.425. The Morgan fingerprint density at radius 1 is 0.913 bits per heavy atom. The number of aromatic nitrogens is 2. The maximum atomic E-state index is 4.49. The minimum atomic E-state index is 0.425. The van der Waals surface area contributed by atoms with Crippen LogP contribution in [0.25, 0.3) is 0 Å². The molecule has 118 valence electrons. The van der Waals surface area contributed by atoms with Crippen LogP contribution < -0.4 is 0 Å². The van der Waals surface area contributed by atoms with Crippen LogP contribution in [-0.4, -0.2) is 9.55 Å². The summed E-state index contributed by atoms with van der Waals surface area (Å²) in [6.07, 6.45) is 7.45. The molecule has 0 saturated carbocycles. The monoisotopic (exact) mass is 304 g/mol. The summed E-state index contributed by atoms with van der Waals surface area (Å²) in [4.78, 5) is 4.49. The van der Waals surface area contributed by atoms with Gasteiger partial charge >= 0.3 is 0 Å². The molecule has 1 heterocycles. The molecule has 3 aromatic rings. The molecule has 23 heavy (non-hydrogen) atoms. The van der Waals surface area contributed by atoms with Crippen molar-refractivity contribution in [2.45, 2.75) is 38.6 Å². The van der Waals surface area contributed by atoms with Crippen molar-refractivity contribution >= 4 is 0 Å². The molecule has 0 aliphatic carbocycles. The van der Waals surface area contributed by atoms with Crippen molar-refractivity contribution in [3.8, 4) is 0 Å². The number of imidazole rings is 1. The lowest BCUT2D eigenvalue weighted by Crippen LogP contribution is -2.06. The van der Waals surface area contributed by atoms with E-state index in [0.717, 1.165) is 25.8 Å². The third-order valence-corrected chi connectivity index (χ3v) is 4.27. The van der Waals surface area contributed by atoms with Crippen molar-refractivity contribution in [2.75, 3.05) is 0 Å². The Bertz CT molecular complexity index is 661. The first kappa shape index (κ1) is 15.5. The normalized spacial score (nSPS) is 11.0. The summed E-state index contributed by atoms with van der Waals surface area (Å²) >= 11 is 0. The number of rotatable bonds is 7. The standard InChI is InChI=1S/C21H24N2/c1-2-9-20-16-23(17-22-20)15-14-21(18-10-5-3-6-11-18)19-12-7-4-8-13-19/h3-8,10-13,16-17,21H,2,9,14-15H2,1H3. The molecule has 0 saturated heterocycles. The summed E-state index contributed by atoms with van der Waals surface area (Å²) in [5.74, 6) is 0.425. The van der Waals surface area contributed by atoms with Crippen LogP contribution in [0, 0.1) is 0 Å². The van der Waals surface area contributed by atoms with Crippen molar-refractivity contribution in [2.24, 2.45) is 0 Å². The van der Waals surface area contributed by atoms with E-state index in [-0.39, 0.29) is 0 Å². The molecular formula is C21H24N2. The zero-order chi connectivity index (χ0) is 15.9. The van der Waals surface area contributed by atoms with E-state index in [4.69, 9.17) is 0 Å². The highest BCUT2D eigenvalue weighted by atomic mass is 15.0. The summed E-state index contributed by atoms with van der Waals surface area (Å²) < 4.78 is 2.23. The zero-order valence-electron chi connectivity index (χ0n) is 13.7. The number of hydrogen-bond donors (Lipinski definition) is 0. The number of hydrogen-bond acceptors (Lipinski definition) is 1. The fourth-order valence-electron chi connectivity index (χ4n) is 3.09. The molecule has 0 spiro atoms. The summed E-state index contributed by atoms with van der Waals surface area (Å²) in [5, 5.41) is 0. The average Bonchev–Trinajstić information content (AvgIpc) is 3.05. The first-order valence-electron chi connectivity index (χ1n) is 8.47. The van der Waals surface area contributed by atoms with Crippen molar-refractivity contribution in [1.29, 1.82) is 0 Å². The van der Waals surface area contributed by atoms with Gasteiger partial charge in [-0.2, -0.15) is 0 Å². The Kier molecular flexibility index (Phi) is 5.25. The summed E-state index contributed by atoms with van der Waals surface area (Å²) in [5.41, 5.74) is 3.96. The van der Waals surface area contributed by atoms with Crippen LogP contribution in [0.15, 0.2) is 73.2 Å². The van der Waals surface area contributed by atoms with E-state index in [1.165, 1.54) is 16.8 Å². The molecule has 1 aromatic heterocycles. The highest BCUT2D eigenvalue weighted by Gasteiger charge is 2.13. The van der Waals surface area contributed by atoms with Crippen molar-refractivity contribution < 1.29 is 0 Å². The quantitative estimate of drug-likeness (QED) is 0.596. The second kappa shape index (κ2) is 7.77. The molecular weight excluding hydrogens is 280 g/mol. The van der Waals surface area contributed by atoms with Crippen LogP contribution in [0.4, 0.5) is 0 Å². The van der Waals surface area contributed by atoms with Gasteiger partial charge in [-0.3, -0.25) is 0 Å². The predicted molar refractivity (Wildman–Crippen MR) is 95.6 cm³/mol. The third kappa shape index (κ3) is 4.10. The first-order valence-corrected chi connectivity index (χ1v) is 8.47. The molecule has 2 aromatic carbocycles. The molecule has 0 radical (unpaired) electrons. The number of benzene rings is 2. The Balaban J connectivity index is 1.76. The van der Waals surface area contributed by atoms with Gasteiger partial charge in [-0.25, -0.2) is 4.98 Å². The fourth-order valence-corrected chi connectivity index (χ4v) is 3.09. The maximum absolute atomic E-state index is 4.49. The lowest BCUT2D eigenvalue weighted by molar-refractivity contribution is 0.595. The van der Waals surface area contributed by atoms with E-state index in [1.807, 2.05) is 6.33 Å². The maximum Gasteiger partial charge on any atom is 0.0949 e. The average molecular weight is 304 g/mol. The molecule has 0 atom stereocenters. The molecule has 0 amide bonds. The minimum Gasteiger partial charge on any atom is -0.337 e. The highest BCUT2D eigenvalue weighted by Crippen LogP contribution is 2.28. The van der Waals surface area contributed by atoms with Crippen LogP contribution in [0.5, 0.6) is 0 Å². The van der Waals surface area contributed by atoms with Gasteiger partial charge < -0.3 is 4.57 Å². The summed E-state index contributed by atoms with van der Waals surface area (Å²) in [6, 6.07) is 21.6. The first-order chi connectivity index (χ1) is 11.4. The summed E-state index contributed by atoms with van der Waals surface area (Å²) in [6.45, 7) is 3.19. The Morgan fingerprint density at radius 3 is 2.09 bits per heavy atom. The van der Waals surface area contributed by atoms with Gasteiger partial charge in [0.25, 0.3) is 0 Å². The molecule has 0 aliphatic rings. The second-order valence-corrected chi connectivity index (χ2v) is 6.02. The topological polar surface area (TPSA) is 17.8 Å². The van der Waals surface area contributed by atoms with Crippen LogP contribution >= 0.6 is 0 Å².